The van der Waals surface area contributed by atoms with Gasteiger partial charge in [-0.25, -0.2) is 9.89 Å². The lowest BCUT2D eigenvalue weighted by Gasteiger charge is -2.09. The monoisotopic (exact) mass is 417 g/mol. The number of nitrogens with zero attached hydrogens (tertiary/aromatic N) is 6. The van der Waals surface area contributed by atoms with Gasteiger partial charge in [0, 0.05) is 35.8 Å². The molecule has 0 radical (unpaired) electrons. The molecule has 4 rings (SSSR count). The zero-order chi connectivity index (χ0) is 21.6. The van der Waals surface area contributed by atoms with Crippen LogP contribution in [0.3, 0.4) is 0 Å². The molecule has 0 aliphatic carbocycles. The molecule has 8 nitrogen and oxygen atoms in total. The first kappa shape index (κ1) is 20.7. The third-order valence-corrected chi connectivity index (χ3v) is 5.37. The average molecular weight is 418 g/mol. The van der Waals surface area contributed by atoms with Crippen LogP contribution in [0.2, 0.25) is 0 Å². The summed E-state index contributed by atoms with van der Waals surface area (Å²) in [6.45, 7) is 5.50. The smallest absolute Gasteiger partial charge is 0.299 e. The number of unbranched alkanes of at least 4 members (excludes halogenated alkanes) is 1. The van der Waals surface area contributed by atoms with Crippen LogP contribution < -0.4 is 5.69 Å². The summed E-state index contributed by atoms with van der Waals surface area (Å²) in [6, 6.07) is 11.9. The lowest BCUT2D eigenvalue weighted by molar-refractivity contribution is 0.590. The van der Waals surface area contributed by atoms with Crippen molar-refractivity contribution in [2.75, 3.05) is 0 Å². The van der Waals surface area contributed by atoms with E-state index in [0.29, 0.717) is 12.4 Å². The molecule has 0 saturated heterocycles. The lowest BCUT2D eigenvalue weighted by Crippen LogP contribution is -2.26. The maximum absolute atomic E-state index is 12.9. The van der Waals surface area contributed by atoms with Gasteiger partial charge >= 0.3 is 5.69 Å². The number of rotatable bonds is 9. The van der Waals surface area contributed by atoms with E-state index in [9.17, 15) is 4.79 Å². The van der Waals surface area contributed by atoms with E-state index in [-0.39, 0.29) is 5.69 Å². The van der Waals surface area contributed by atoms with Crippen LogP contribution in [0.4, 0.5) is 0 Å². The van der Waals surface area contributed by atoms with E-state index in [4.69, 9.17) is 0 Å². The zero-order valence-corrected chi connectivity index (χ0v) is 18.0. The molecule has 3 aromatic heterocycles. The Morgan fingerprint density at radius 1 is 1.03 bits per heavy atom. The van der Waals surface area contributed by atoms with Crippen LogP contribution in [-0.2, 0) is 19.5 Å². The number of hydrogen-bond acceptors (Lipinski definition) is 5. The number of pyridine rings is 1. The number of benzene rings is 1. The summed E-state index contributed by atoms with van der Waals surface area (Å²) in [4.78, 5) is 17.6. The highest BCUT2D eigenvalue weighted by molar-refractivity contribution is 5.79. The summed E-state index contributed by atoms with van der Waals surface area (Å²) >= 11 is 0. The van der Waals surface area contributed by atoms with Crippen molar-refractivity contribution in [1.29, 1.82) is 0 Å². The molecule has 0 unspecified atom stereocenters. The first-order chi connectivity index (χ1) is 15.2. The van der Waals surface area contributed by atoms with Gasteiger partial charge in [0.25, 0.3) is 0 Å². The maximum Gasteiger partial charge on any atom is 0.328 e. The molecule has 1 N–H and O–H groups in total. The summed E-state index contributed by atoms with van der Waals surface area (Å²) in [7, 11) is 0. The van der Waals surface area contributed by atoms with Crippen molar-refractivity contribution in [2.24, 2.45) is 0 Å². The molecule has 8 heteroatoms. The molecule has 1 aromatic carbocycles. The molecule has 0 atom stereocenters. The Labute approximate surface area is 181 Å². The number of hydrogen-bond donors (Lipinski definition) is 1. The van der Waals surface area contributed by atoms with E-state index in [1.54, 1.807) is 0 Å². The fourth-order valence-corrected chi connectivity index (χ4v) is 3.75. The quantitative estimate of drug-likeness (QED) is 0.448. The highest BCUT2D eigenvalue weighted by Crippen LogP contribution is 2.29. The van der Waals surface area contributed by atoms with Crippen LogP contribution in [0.15, 0.2) is 53.6 Å². The summed E-state index contributed by atoms with van der Waals surface area (Å²) in [6.07, 6.45) is 7.80. The molecule has 160 valence electrons. The van der Waals surface area contributed by atoms with E-state index < -0.39 is 0 Å². The van der Waals surface area contributed by atoms with Crippen molar-refractivity contribution in [3.8, 4) is 22.5 Å². The molecule has 0 bridgehead atoms. The van der Waals surface area contributed by atoms with Crippen molar-refractivity contribution in [2.45, 2.75) is 52.6 Å². The van der Waals surface area contributed by atoms with Crippen molar-refractivity contribution in [3.63, 3.8) is 0 Å². The topological polar surface area (TPSA) is 94.3 Å². The third-order valence-electron chi connectivity index (χ3n) is 5.37. The summed E-state index contributed by atoms with van der Waals surface area (Å²) < 4.78 is 3.69. The highest BCUT2D eigenvalue weighted by atomic mass is 16.1. The average Bonchev–Trinajstić information content (AvgIpc) is 3.43. The predicted molar refractivity (Wildman–Crippen MR) is 120 cm³/mol. The molecule has 0 aliphatic rings. The van der Waals surface area contributed by atoms with Gasteiger partial charge in [-0.3, -0.25) is 14.1 Å². The number of H-pyrrole nitrogens is 1. The Morgan fingerprint density at radius 3 is 2.55 bits per heavy atom. The Balaban J connectivity index is 1.61. The Morgan fingerprint density at radius 2 is 1.87 bits per heavy atom. The molecule has 3 heterocycles. The van der Waals surface area contributed by atoms with Crippen LogP contribution >= 0.6 is 0 Å². The molecule has 31 heavy (non-hydrogen) atoms. The van der Waals surface area contributed by atoms with Crippen LogP contribution in [0.5, 0.6) is 0 Å². The van der Waals surface area contributed by atoms with E-state index in [1.807, 2.05) is 57.9 Å². The fourth-order valence-electron chi connectivity index (χ4n) is 3.75. The normalized spacial score (nSPS) is 11.2. The molecule has 0 amide bonds. The minimum atomic E-state index is 0.0472. The van der Waals surface area contributed by atoms with Gasteiger partial charge in [0.1, 0.15) is 0 Å². The molecule has 0 aliphatic heterocycles. The molecule has 0 fully saturated rings. The Kier molecular flexibility index (Phi) is 6.35. The number of aromatic amines is 1. The van der Waals surface area contributed by atoms with Gasteiger partial charge < -0.3 is 0 Å². The van der Waals surface area contributed by atoms with E-state index in [1.165, 1.54) is 0 Å². The second-order valence-electron chi connectivity index (χ2n) is 7.62. The molecule has 0 spiro atoms. The van der Waals surface area contributed by atoms with E-state index in [0.717, 1.165) is 60.3 Å². The van der Waals surface area contributed by atoms with Crippen molar-refractivity contribution < 1.29 is 0 Å². The standard InChI is InChI=1S/C23H27N7O/c1-3-5-13-29-16-19(8-4-2)30(23(29)31)15-18-12-11-17(14-24-18)20-9-6-7-10-21(20)22-25-27-28-26-22/h6-7,9-12,14,16H,3-5,8,13,15H2,1-2H3,(H,25,26,27,28). The van der Waals surface area contributed by atoms with Gasteiger partial charge in [0.2, 0.25) is 0 Å². The van der Waals surface area contributed by atoms with Gasteiger partial charge in [-0.2, -0.15) is 0 Å². The van der Waals surface area contributed by atoms with Gasteiger partial charge in [0.05, 0.1) is 12.2 Å². The Hall–Kier alpha value is -3.55. The van der Waals surface area contributed by atoms with Crippen LogP contribution in [0.1, 0.15) is 44.5 Å². The molecule has 4 aromatic rings. The van der Waals surface area contributed by atoms with E-state index in [2.05, 4.69) is 39.5 Å². The zero-order valence-electron chi connectivity index (χ0n) is 18.0. The summed E-state index contributed by atoms with van der Waals surface area (Å²) in [5.74, 6) is 0.615. The molecular formula is C23H27N7O. The predicted octanol–water partition coefficient (Wildman–Crippen LogP) is 3.69. The number of aryl methyl sites for hydroxylation is 2. The number of tetrazole rings is 1. The lowest BCUT2D eigenvalue weighted by atomic mass is 10.0. The summed E-state index contributed by atoms with van der Waals surface area (Å²) in [5.41, 5.74) is 4.85. The number of aromatic nitrogens is 7. The van der Waals surface area contributed by atoms with Gasteiger partial charge in [-0.05, 0) is 34.9 Å². The molecular weight excluding hydrogens is 390 g/mol. The largest absolute Gasteiger partial charge is 0.328 e. The second-order valence-corrected chi connectivity index (χ2v) is 7.62. The summed E-state index contributed by atoms with van der Waals surface area (Å²) in [5, 5.41) is 14.2. The van der Waals surface area contributed by atoms with Gasteiger partial charge in [0.15, 0.2) is 5.82 Å². The van der Waals surface area contributed by atoms with Crippen LogP contribution in [0, 0.1) is 0 Å². The maximum atomic E-state index is 12.9. The van der Waals surface area contributed by atoms with Crippen molar-refractivity contribution in [1.82, 2.24) is 34.7 Å². The molecule has 0 saturated carbocycles. The first-order valence-corrected chi connectivity index (χ1v) is 10.8. The van der Waals surface area contributed by atoms with Crippen molar-refractivity contribution in [3.05, 3.63) is 70.7 Å². The van der Waals surface area contributed by atoms with Gasteiger partial charge in [-0.1, -0.05) is 57.0 Å². The fraction of sp³-hybridized carbons (Fsp3) is 0.348. The minimum absolute atomic E-state index is 0.0472. The Bertz CT molecular complexity index is 1170. The van der Waals surface area contributed by atoms with E-state index >= 15 is 0 Å². The second kappa shape index (κ2) is 9.51. The number of imidazole rings is 1. The minimum Gasteiger partial charge on any atom is -0.299 e. The van der Waals surface area contributed by atoms with Crippen LogP contribution in [-0.4, -0.2) is 34.7 Å². The van der Waals surface area contributed by atoms with Crippen LogP contribution in [0.25, 0.3) is 22.5 Å². The van der Waals surface area contributed by atoms with Gasteiger partial charge in [-0.15, -0.1) is 5.10 Å². The highest BCUT2D eigenvalue weighted by Gasteiger charge is 2.13. The third kappa shape index (κ3) is 4.47. The number of nitrogens with one attached hydrogen (secondary N) is 1. The first-order valence-electron chi connectivity index (χ1n) is 10.8. The SMILES string of the molecule is CCCCn1cc(CCC)n(Cc2ccc(-c3ccccc3-c3nnn[nH]3)cn2)c1=O. The van der Waals surface area contributed by atoms with Crippen molar-refractivity contribution >= 4 is 0 Å².